The van der Waals surface area contributed by atoms with Gasteiger partial charge in [0.2, 0.25) is 29.7 Å². The molecule has 28 nitrogen and oxygen atoms in total. The number of ether oxygens (including phenoxy) is 1. The minimum absolute atomic E-state index is 0.0439. The molecule has 9 aromatic heterocycles. The monoisotopic (exact) mass is 1240 g/mol. The van der Waals surface area contributed by atoms with Gasteiger partial charge in [-0.1, -0.05) is 17.8 Å². The molecule has 12 N–H and O–H groups in total. The normalized spacial score (nSPS) is 14.6. The van der Waals surface area contributed by atoms with Crippen LogP contribution in [0.1, 0.15) is 58.1 Å². The number of aromatic nitrogens is 12. The van der Waals surface area contributed by atoms with Crippen molar-refractivity contribution in [3.8, 4) is 69.3 Å². The summed E-state index contributed by atoms with van der Waals surface area (Å²) >= 11 is 0. The number of urea groups is 2. The summed E-state index contributed by atoms with van der Waals surface area (Å²) in [5.41, 5.74) is 22.9. The molecule has 0 saturated carbocycles. The van der Waals surface area contributed by atoms with E-state index in [4.69, 9.17) is 21.9 Å². The predicted molar refractivity (Wildman–Crippen MR) is 342 cm³/mol. The van der Waals surface area contributed by atoms with Gasteiger partial charge in [0, 0.05) is 129 Å². The highest BCUT2D eigenvalue weighted by molar-refractivity contribution is 6.03. The molecule has 0 aliphatic carbocycles. The number of carbonyl (C=O) groups is 4. The van der Waals surface area contributed by atoms with Crippen molar-refractivity contribution < 1.29 is 39.2 Å². The molecule has 3 saturated heterocycles. The van der Waals surface area contributed by atoms with E-state index in [0.717, 1.165) is 68.2 Å². The van der Waals surface area contributed by atoms with Crippen LogP contribution in [-0.2, 0) is 34.0 Å². The second-order valence-corrected chi connectivity index (χ2v) is 23.1. The second kappa shape index (κ2) is 27.0. The number of imide groups is 2. The first-order valence-corrected chi connectivity index (χ1v) is 29.2. The Morgan fingerprint density at radius 1 is 0.543 bits per heavy atom. The van der Waals surface area contributed by atoms with E-state index in [0.29, 0.717) is 74.2 Å². The minimum Gasteiger partial charge on any atom is -0.383 e. The van der Waals surface area contributed by atoms with E-state index >= 15 is 0 Å². The number of fused-ring (bicyclic) bond motifs is 3. The van der Waals surface area contributed by atoms with Gasteiger partial charge in [-0.3, -0.25) is 20.2 Å². The first-order chi connectivity index (χ1) is 43.9. The summed E-state index contributed by atoms with van der Waals surface area (Å²) in [6.07, 6.45) is 16.5. The number of nitrogens with two attached hydrogens (primary N) is 3. The summed E-state index contributed by atoms with van der Waals surface area (Å²) in [5, 5.41) is 40.7. The first-order valence-electron chi connectivity index (χ1n) is 29.2. The van der Waals surface area contributed by atoms with Crippen molar-refractivity contribution in [3.63, 3.8) is 0 Å². The number of aliphatic hydroxyl groups is 3. The van der Waals surface area contributed by atoms with Crippen LogP contribution in [-0.4, -0.2) is 177 Å². The van der Waals surface area contributed by atoms with Crippen LogP contribution in [0.2, 0.25) is 0 Å². The molecule has 28 heteroatoms. The van der Waals surface area contributed by atoms with Crippen molar-refractivity contribution in [1.82, 2.24) is 84.3 Å². The van der Waals surface area contributed by atoms with E-state index in [2.05, 4.69) is 101 Å². The molecule has 3 aliphatic rings. The number of aryl methyl sites for hydroxylation is 1. The second-order valence-electron chi connectivity index (χ2n) is 23.1. The summed E-state index contributed by atoms with van der Waals surface area (Å²) in [4.78, 5) is 87.5. The van der Waals surface area contributed by atoms with Crippen LogP contribution < -0.4 is 33.2 Å². The molecular formula is C64H68N20O8. The smallest absolute Gasteiger partial charge is 0.324 e. The van der Waals surface area contributed by atoms with E-state index < -0.39 is 22.8 Å². The van der Waals surface area contributed by atoms with Crippen LogP contribution in [0, 0.1) is 41.4 Å². The molecule has 9 aromatic rings. The van der Waals surface area contributed by atoms with Gasteiger partial charge in [0.05, 0.1) is 58.8 Å². The maximum atomic E-state index is 11.8. The van der Waals surface area contributed by atoms with Crippen LogP contribution in [0.15, 0.2) is 92.2 Å². The number of hydrogen-bond acceptors (Lipinski definition) is 21. The Bertz CT molecular complexity index is 4500. The number of methoxy groups -OCH3 is 1. The fourth-order valence-electron chi connectivity index (χ4n) is 10.1. The number of anilines is 3. The Hall–Kier alpha value is -10.9. The molecule has 1 atom stereocenters. The number of carbonyl (C=O) groups excluding carboxylic acids is 4. The van der Waals surface area contributed by atoms with Gasteiger partial charge in [-0.25, -0.2) is 54.4 Å². The third-order valence-electron chi connectivity index (χ3n) is 14.9. The van der Waals surface area contributed by atoms with Gasteiger partial charge in [0.1, 0.15) is 47.0 Å². The van der Waals surface area contributed by atoms with Gasteiger partial charge >= 0.3 is 12.1 Å². The highest BCUT2D eigenvalue weighted by Gasteiger charge is 2.35. The summed E-state index contributed by atoms with van der Waals surface area (Å²) in [7, 11) is 1.67. The standard InChI is InChI=1S/C22H23N7O3.C21H21N7O3.C21H24N6O2/c1-22(2,32)6-4-14-10-15-16(17-5-7-24-20(23)26-17)12-28(18(15)11-25-14)8-3-9-29-13-19(30)27-21(29)31;1-21(2,31)5-3-13-9-14-15(16-4-6-23-19(22)25-16)11-27(17(14)10-24-13)7-8-28-12-18(29)26-20(28)30;1-21(28,14-10-23-11-14)5-3-15-9-16-17(18-4-6-24-20(22)26-18)13-27(7-8-29-2)19(16)12-25-15/h5,7,10-12,32H,3,8-9,13H2,1-2H3,(H2,23,24,26)(H,27,30,31);4,6,9-11,31H,7-8,12H2,1-2H3,(H2,22,23,25)(H,26,29,30);4,6,9,12-14,23,28H,7-8,10-11H2,1-2H3,(H2,22,24,26). The van der Waals surface area contributed by atoms with E-state index in [9.17, 15) is 34.5 Å². The van der Waals surface area contributed by atoms with Gasteiger partial charge in [-0.2, -0.15) is 0 Å². The number of nitrogen functional groups attached to an aromatic ring is 3. The Kier molecular flexibility index (Phi) is 18.8. The van der Waals surface area contributed by atoms with Crippen molar-refractivity contribution in [1.29, 1.82) is 0 Å². The van der Waals surface area contributed by atoms with Gasteiger partial charge < -0.3 is 66.1 Å². The molecule has 92 heavy (non-hydrogen) atoms. The van der Waals surface area contributed by atoms with Crippen molar-refractivity contribution in [2.45, 2.75) is 77.5 Å². The van der Waals surface area contributed by atoms with Crippen molar-refractivity contribution in [3.05, 3.63) is 109 Å². The van der Waals surface area contributed by atoms with Crippen LogP contribution >= 0.6 is 0 Å². The maximum absolute atomic E-state index is 11.8. The first kappa shape index (κ1) is 64.1. The summed E-state index contributed by atoms with van der Waals surface area (Å²) in [5.74, 6) is 17.4. The van der Waals surface area contributed by atoms with Gasteiger partial charge in [0.25, 0.3) is 0 Å². The van der Waals surface area contributed by atoms with Crippen molar-refractivity contribution >= 4 is 74.4 Å². The lowest BCUT2D eigenvalue weighted by Crippen LogP contribution is -2.53. The van der Waals surface area contributed by atoms with Crippen LogP contribution in [0.4, 0.5) is 27.4 Å². The Morgan fingerprint density at radius 3 is 1.29 bits per heavy atom. The summed E-state index contributed by atoms with van der Waals surface area (Å²) in [6, 6.07) is 10.2. The average molecular weight is 1250 g/mol. The highest BCUT2D eigenvalue weighted by Crippen LogP contribution is 2.33. The molecule has 6 amide bonds. The predicted octanol–water partition coefficient (Wildman–Crippen LogP) is 2.93. The summed E-state index contributed by atoms with van der Waals surface area (Å²) in [6.45, 7) is 13.0. The Balaban J connectivity index is 0.000000151. The van der Waals surface area contributed by atoms with Gasteiger partial charge in [-0.15, -0.1) is 0 Å². The van der Waals surface area contributed by atoms with Gasteiger partial charge in [-0.05, 0) is 95.2 Å². The number of pyridine rings is 3. The Morgan fingerprint density at radius 2 is 0.935 bits per heavy atom. The SMILES string of the molecule is CC(C)(O)C#Cc1cc2c(-c3ccnc(N)n3)cn(CCCN3CC(=O)NC3=O)c2cn1.CC(C)(O)C#Cc1cc2c(-c3ccnc(N)n3)cn(CCN3CC(=O)NC3=O)c2cn1.COCCn1cc(-c2ccnc(N)n2)c2cc(C#CC(C)(O)C3CNC3)ncc21. The molecule has 0 bridgehead atoms. The molecule has 472 valence electrons. The largest absolute Gasteiger partial charge is 0.383 e. The molecular weight excluding hydrogens is 1180 g/mol. The van der Waals surface area contributed by atoms with E-state index in [1.807, 2.05) is 52.0 Å². The maximum Gasteiger partial charge on any atom is 0.324 e. The van der Waals surface area contributed by atoms with E-state index in [1.54, 1.807) is 91.0 Å². The number of hydrogen-bond donors (Lipinski definition) is 9. The molecule has 0 spiro atoms. The van der Waals surface area contributed by atoms with Crippen LogP contribution in [0.25, 0.3) is 66.5 Å². The topological polar surface area (TPSA) is 390 Å². The van der Waals surface area contributed by atoms with Crippen LogP contribution in [0.5, 0.6) is 0 Å². The fraction of sp³-hybridized carbons (Fsp3) is 0.328. The van der Waals surface area contributed by atoms with Crippen molar-refractivity contribution in [2.75, 3.05) is 70.2 Å². The molecule has 3 fully saturated rings. The zero-order chi connectivity index (χ0) is 65.5. The van der Waals surface area contributed by atoms with Crippen LogP contribution in [0.3, 0.4) is 0 Å². The molecule has 0 radical (unpaired) electrons. The minimum atomic E-state index is -1.14. The van der Waals surface area contributed by atoms with Gasteiger partial charge in [0.15, 0.2) is 0 Å². The zero-order valence-corrected chi connectivity index (χ0v) is 51.4. The molecule has 1 unspecified atom stereocenters. The third-order valence-corrected chi connectivity index (χ3v) is 14.9. The number of amides is 6. The van der Waals surface area contributed by atoms with Crippen molar-refractivity contribution in [2.24, 2.45) is 5.92 Å². The lowest BCUT2D eigenvalue weighted by Gasteiger charge is -2.36. The Labute approximate surface area is 528 Å². The lowest BCUT2D eigenvalue weighted by molar-refractivity contribution is -0.119. The third kappa shape index (κ3) is 15.7. The quantitative estimate of drug-likeness (QED) is 0.0558. The lowest BCUT2D eigenvalue weighted by atomic mass is 9.85. The number of rotatable bonds is 14. The molecule has 3 aliphatic heterocycles. The molecule has 0 aromatic carbocycles. The van der Waals surface area contributed by atoms with E-state index in [1.165, 1.54) is 9.80 Å². The highest BCUT2D eigenvalue weighted by atomic mass is 16.5. The average Bonchev–Trinajstić information content (AvgIpc) is 1.64. The van der Waals surface area contributed by atoms with E-state index in [-0.39, 0.29) is 54.7 Å². The fourth-order valence-corrected chi connectivity index (χ4v) is 10.1. The summed E-state index contributed by atoms with van der Waals surface area (Å²) < 4.78 is 11.3. The number of nitrogens with one attached hydrogen (secondary N) is 3. The zero-order valence-electron chi connectivity index (χ0n) is 51.4. The molecule has 12 rings (SSSR count). The molecule has 12 heterocycles. The number of nitrogens with zero attached hydrogens (tertiary/aromatic N) is 14.